The average Bonchev–Trinajstić information content (AvgIpc) is 2.54. The largest absolute Gasteiger partial charge is 0.315 e. The number of hydrogen-bond donors (Lipinski definition) is 1. The third-order valence-corrected chi connectivity index (χ3v) is 3.25. The fourth-order valence-electron chi connectivity index (χ4n) is 1.54. The van der Waals surface area contributed by atoms with E-state index in [2.05, 4.69) is 43.4 Å². The number of nitrogens with zero attached hydrogens (tertiary/aromatic N) is 1. The van der Waals surface area contributed by atoms with Gasteiger partial charge in [0.05, 0.1) is 5.01 Å². The maximum absolute atomic E-state index is 4.34. The highest BCUT2D eigenvalue weighted by atomic mass is 32.1. The van der Waals surface area contributed by atoms with Gasteiger partial charge in [0, 0.05) is 24.0 Å². The van der Waals surface area contributed by atoms with Crippen molar-refractivity contribution in [3.63, 3.8) is 0 Å². The normalized spacial score (nSPS) is 12.3. The molecule has 0 atom stereocenters. The van der Waals surface area contributed by atoms with Gasteiger partial charge in [0.15, 0.2) is 0 Å². The highest BCUT2D eigenvalue weighted by Crippen LogP contribution is 2.26. The Morgan fingerprint density at radius 1 is 1.47 bits per heavy atom. The van der Waals surface area contributed by atoms with Crippen molar-refractivity contribution in [1.29, 1.82) is 0 Å². The molecular formula is C12H22N2S. The summed E-state index contributed by atoms with van der Waals surface area (Å²) in [6, 6.07) is 0.584. The Labute approximate surface area is 97.1 Å². The first-order chi connectivity index (χ1) is 6.99. The maximum atomic E-state index is 4.34. The molecule has 0 spiro atoms. The van der Waals surface area contributed by atoms with Crippen molar-refractivity contribution in [3.8, 4) is 0 Å². The molecule has 86 valence electrons. The fraction of sp³-hybridized carbons (Fsp3) is 0.750. The summed E-state index contributed by atoms with van der Waals surface area (Å²) in [4.78, 5) is 4.34. The lowest BCUT2D eigenvalue weighted by Crippen LogP contribution is -2.28. The summed E-state index contributed by atoms with van der Waals surface area (Å²) in [5, 5.41) is 6.77. The minimum Gasteiger partial charge on any atom is -0.315 e. The zero-order chi connectivity index (χ0) is 11.3. The van der Waals surface area contributed by atoms with Crippen LogP contribution in [0.15, 0.2) is 11.6 Å². The predicted octanol–water partition coefficient (Wildman–Crippen LogP) is 3.10. The van der Waals surface area contributed by atoms with Crippen molar-refractivity contribution in [2.24, 2.45) is 5.41 Å². The first-order valence-electron chi connectivity index (χ1n) is 5.61. The van der Waals surface area contributed by atoms with Crippen LogP contribution >= 0.6 is 11.3 Å². The van der Waals surface area contributed by atoms with E-state index in [0.29, 0.717) is 11.5 Å². The molecule has 15 heavy (non-hydrogen) atoms. The Bertz CT molecular complexity index is 265. The first-order valence-corrected chi connectivity index (χ1v) is 6.49. The standard InChI is InChI=1S/C12H22N2S/c1-10(2)13-6-5-12(3,4)9-11-14-7-8-15-11/h7-8,10,13H,5-6,9H2,1-4H3. The average molecular weight is 226 g/mol. The van der Waals surface area contributed by atoms with E-state index < -0.39 is 0 Å². The Balaban J connectivity index is 2.32. The molecule has 0 aliphatic carbocycles. The van der Waals surface area contributed by atoms with Crippen LogP contribution in [0.2, 0.25) is 0 Å². The van der Waals surface area contributed by atoms with Crippen LogP contribution in [0.5, 0.6) is 0 Å². The van der Waals surface area contributed by atoms with E-state index in [9.17, 15) is 0 Å². The van der Waals surface area contributed by atoms with E-state index in [-0.39, 0.29) is 0 Å². The van der Waals surface area contributed by atoms with Crippen molar-refractivity contribution in [3.05, 3.63) is 16.6 Å². The summed E-state index contributed by atoms with van der Waals surface area (Å²) in [7, 11) is 0. The first kappa shape index (κ1) is 12.7. The van der Waals surface area contributed by atoms with Crippen LogP contribution in [0.1, 0.15) is 39.1 Å². The highest BCUT2D eigenvalue weighted by Gasteiger charge is 2.19. The summed E-state index contributed by atoms with van der Waals surface area (Å²) >= 11 is 1.76. The van der Waals surface area contributed by atoms with Crippen LogP contribution in [0, 0.1) is 5.41 Å². The molecule has 0 aliphatic heterocycles. The lowest BCUT2D eigenvalue weighted by Gasteiger charge is -2.24. The molecule has 1 aromatic rings. The van der Waals surface area contributed by atoms with Gasteiger partial charge < -0.3 is 5.32 Å². The van der Waals surface area contributed by atoms with Crippen LogP contribution in [0.3, 0.4) is 0 Å². The maximum Gasteiger partial charge on any atom is 0.0930 e. The molecule has 0 amide bonds. The van der Waals surface area contributed by atoms with E-state index >= 15 is 0 Å². The Morgan fingerprint density at radius 2 is 2.20 bits per heavy atom. The van der Waals surface area contributed by atoms with E-state index in [1.807, 2.05) is 6.20 Å². The van der Waals surface area contributed by atoms with Gasteiger partial charge in [-0.25, -0.2) is 4.98 Å². The van der Waals surface area contributed by atoms with Crippen LogP contribution in [-0.4, -0.2) is 17.6 Å². The van der Waals surface area contributed by atoms with Gasteiger partial charge >= 0.3 is 0 Å². The summed E-state index contributed by atoms with van der Waals surface area (Å²) < 4.78 is 0. The van der Waals surface area contributed by atoms with Crippen molar-refractivity contribution in [2.75, 3.05) is 6.54 Å². The van der Waals surface area contributed by atoms with E-state index in [4.69, 9.17) is 0 Å². The fourth-order valence-corrected chi connectivity index (χ4v) is 2.41. The van der Waals surface area contributed by atoms with Gasteiger partial charge in [0.1, 0.15) is 0 Å². The molecular weight excluding hydrogens is 204 g/mol. The summed E-state index contributed by atoms with van der Waals surface area (Å²) in [5.41, 5.74) is 0.347. The summed E-state index contributed by atoms with van der Waals surface area (Å²) in [6.45, 7) is 10.1. The molecule has 1 aromatic heterocycles. The van der Waals surface area contributed by atoms with Gasteiger partial charge in [-0.1, -0.05) is 27.7 Å². The number of rotatable bonds is 6. The third kappa shape index (κ3) is 5.28. The third-order valence-electron chi connectivity index (χ3n) is 2.47. The SMILES string of the molecule is CC(C)NCCC(C)(C)Cc1nccs1. The molecule has 2 nitrogen and oxygen atoms in total. The molecule has 1 rings (SSSR count). The molecule has 0 saturated carbocycles. The van der Waals surface area contributed by atoms with Crippen LogP contribution in [-0.2, 0) is 6.42 Å². The highest BCUT2D eigenvalue weighted by molar-refractivity contribution is 7.09. The molecule has 0 aliphatic rings. The second-order valence-corrected chi connectivity index (χ2v) is 6.10. The van der Waals surface area contributed by atoms with Crippen LogP contribution < -0.4 is 5.32 Å². The Kier molecular flexibility index (Phi) is 4.74. The van der Waals surface area contributed by atoms with Gasteiger partial charge in [-0.2, -0.15) is 0 Å². The molecule has 0 aromatic carbocycles. The summed E-state index contributed by atoms with van der Waals surface area (Å²) in [6.07, 6.45) is 4.18. The lowest BCUT2D eigenvalue weighted by atomic mass is 9.86. The molecule has 1 heterocycles. The monoisotopic (exact) mass is 226 g/mol. The quantitative estimate of drug-likeness (QED) is 0.806. The minimum atomic E-state index is 0.347. The molecule has 0 radical (unpaired) electrons. The lowest BCUT2D eigenvalue weighted by molar-refractivity contribution is 0.320. The van der Waals surface area contributed by atoms with E-state index in [1.54, 1.807) is 11.3 Å². The van der Waals surface area contributed by atoms with Crippen molar-refractivity contribution >= 4 is 11.3 Å². The topological polar surface area (TPSA) is 24.9 Å². The van der Waals surface area contributed by atoms with Gasteiger partial charge in [-0.3, -0.25) is 0 Å². The smallest absolute Gasteiger partial charge is 0.0930 e. The van der Waals surface area contributed by atoms with Gasteiger partial charge in [-0.05, 0) is 18.4 Å². The van der Waals surface area contributed by atoms with Gasteiger partial charge in [0.2, 0.25) is 0 Å². The van der Waals surface area contributed by atoms with Crippen LogP contribution in [0.25, 0.3) is 0 Å². The summed E-state index contributed by atoms with van der Waals surface area (Å²) in [5.74, 6) is 0. The molecule has 0 unspecified atom stereocenters. The second kappa shape index (κ2) is 5.61. The second-order valence-electron chi connectivity index (χ2n) is 5.13. The number of hydrogen-bond acceptors (Lipinski definition) is 3. The Morgan fingerprint density at radius 3 is 2.73 bits per heavy atom. The van der Waals surface area contributed by atoms with Gasteiger partial charge in [-0.15, -0.1) is 11.3 Å². The zero-order valence-electron chi connectivity index (χ0n) is 10.2. The molecule has 3 heteroatoms. The molecule has 1 N–H and O–H groups in total. The van der Waals surface area contributed by atoms with Crippen LogP contribution in [0.4, 0.5) is 0 Å². The van der Waals surface area contributed by atoms with Crippen molar-refractivity contribution in [2.45, 2.75) is 46.6 Å². The molecule has 0 saturated heterocycles. The zero-order valence-corrected chi connectivity index (χ0v) is 11.0. The number of thiazole rings is 1. The van der Waals surface area contributed by atoms with Crippen molar-refractivity contribution in [1.82, 2.24) is 10.3 Å². The van der Waals surface area contributed by atoms with Crippen molar-refractivity contribution < 1.29 is 0 Å². The number of nitrogens with one attached hydrogen (secondary N) is 1. The van der Waals surface area contributed by atoms with Gasteiger partial charge in [0.25, 0.3) is 0 Å². The molecule has 0 fully saturated rings. The van der Waals surface area contributed by atoms with E-state index in [1.165, 1.54) is 11.4 Å². The predicted molar refractivity (Wildman–Crippen MR) is 67.4 cm³/mol. The van der Waals surface area contributed by atoms with E-state index in [0.717, 1.165) is 13.0 Å². The minimum absolute atomic E-state index is 0.347. The number of aromatic nitrogens is 1. The molecule has 0 bridgehead atoms. The Hall–Kier alpha value is -0.410.